The van der Waals surface area contributed by atoms with Gasteiger partial charge in [0, 0.05) is 12.7 Å². The largest absolute Gasteiger partial charge is 0.375 e. The number of hydrogen-bond donors (Lipinski definition) is 1. The minimum Gasteiger partial charge on any atom is -0.375 e. The zero-order chi connectivity index (χ0) is 16.3. The van der Waals surface area contributed by atoms with E-state index in [1.807, 2.05) is 13.8 Å². The molecule has 1 aliphatic rings. The fourth-order valence-corrected chi connectivity index (χ4v) is 2.59. The normalized spacial score (nSPS) is 19.2. The van der Waals surface area contributed by atoms with E-state index in [2.05, 4.69) is 10.3 Å². The second-order valence-electron chi connectivity index (χ2n) is 5.42. The van der Waals surface area contributed by atoms with E-state index in [0.717, 1.165) is 6.20 Å². The molecule has 0 radical (unpaired) electrons. The Kier molecular flexibility index (Phi) is 5.07. The van der Waals surface area contributed by atoms with Gasteiger partial charge in [-0.1, -0.05) is 20.3 Å². The second kappa shape index (κ2) is 6.83. The van der Waals surface area contributed by atoms with Crippen LogP contribution in [0.25, 0.3) is 0 Å². The Morgan fingerprint density at radius 1 is 1.59 bits per heavy atom. The molecule has 2 atom stereocenters. The van der Waals surface area contributed by atoms with Gasteiger partial charge in [0.1, 0.15) is 18.5 Å². The van der Waals surface area contributed by atoms with Gasteiger partial charge in [-0.3, -0.25) is 14.6 Å². The smallest absolute Gasteiger partial charge is 0.249 e. The summed E-state index contributed by atoms with van der Waals surface area (Å²) < 4.78 is 18.9. The number of pyridine rings is 1. The number of carbonyl (C=O) groups excluding carboxylic acids is 2. The maximum Gasteiger partial charge on any atom is 0.249 e. The molecule has 6 nitrogen and oxygen atoms in total. The number of nitrogens with zero attached hydrogens (tertiary/aromatic N) is 2. The van der Waals surface area contributed by atoms with Crippen LogP contribution in [-0.2, 0) is 20.9 Å². The molecule has 2 amide bonds. The van der Waals surface area contributed by atoms with Gasteiger partial charge in [0.15, 0.2) is 0 Å². The lowest BCUT2D eigenvalue weighted by atomic mass is 9.96. The number of nitrogens with one attached hydrogen (secondary N) is 1. The number of aromatic nitrogens is 1. The highest BCUT2D eigenvalue weighted by Crippen LogP contribution is 2.28. The molecular formula is C15H20FN3O3. The van der Waals surface area contributed by atoms with Crippen molar-refractivity contribution in [1.82, 2.24) is 9.88 Å². The lowest BCUT2D eigenvalue weighted by Crippen LogP contribution is -2.50. The Labute approximate surface area is 128 Å². The van der Waals surface area contributed by atoms with Crippen LogP contribution >= 0.6 is 0 Å². The summed E-state index contributed by atoms with van der Waals surface area (Å²) in [7, 11) is 1.41. The highest BCUT2D eigenvalue weighted by molar-refractivity contribution is 5.99. The monoisotopic (exact) mass is 309 g/mol. The fraction of sp³-hybridized carbons (Fsp3) is 0.533. The first kappa shape index (κ1) is 16.4. The summed E-state index contributed by atoms with van der Waals surface area (Å²) >= 11 is 0. The average Bonchev–Trinajstić information content (AvgIpc) is 2.63. The summed E-state index contributed by atoms with van der Waals surface area (Å²) in [5, 5.41) is 2.68. The lowest BCUT2D eigenvalue weighted by Gasteiger charge is -2.32. The number of halogens is 1. The van der Waals surface area contributed by atoms with Crippen molar-refractivity contribution in [2.75, 3.05) is 19.0 Å². The maximum absolute atomic E-state index is 14.0. The van der Waals surface area contributed by atoms with Crippen molar-refractivity contribution in [2.45, 2.75) is 32.9 Å². The number of ether oxygens (including phenoxy) is 1. The zero-order valence-electron chi connectivity index (χ0n) is 12.9. The van der Waals surface area contributed by atoms with E-state index in [0.29, 0.717) is 12.1 Å². The van der Waals surface area contributed by atoms with Crippen molar-refractivity contribution in [3.8, 4) is 0 Å². The Morgan fingerprint density at radius 2 is 2.32 bits per heavy atom. The molecule has 7 heteroatoms. The van der Waals surface area contributed by atoms with Crippen LogP contribution in [0.5, 0.6) is 0 Å². The minimum atomic E-state index is -0.667. The van der Waals surface area contributed by atoms with Crippen LogP contribution in [0.4, 0.5) is 10.1 Å². The molecule has 1 N–H and O–H groups in total. The molecule has 22 heavy (non-hydrogen) atoms. The number of fused-ring (bicyclic) bond motifs is 1. The van der Waals surface area contributed by atoms with E-state index in [1.54, 1.807) is 0 Å². The summed E-state index contributed by atoms with van der Waals surface area (Å²) in [5.74, 6) is -1.28. The Hall–Kier alpha value is -2.02. The van der Waals surface area contributed by atoms with Crippen molar-refractivity contribution in [1.29, 1.82) is 0 Å². The van der Waals surface area contributed by atoms with Gasteiger partial charge in [0.2, 0.25) is 11.8 Å². The van der Waals surface area contributed by atoms with Crippen LogP contribution in [-0.4, -0.2) is 41.5 Å². The molecule has 0 aliphatic carbocycles. The van der Waals surface area contributed by atoms with Crippen LogP contribution in [0.1, 0.15) is 25.8 Å². The van der Waals surface area contributed by atoms with Crippen molar-refractivity contribution < 1.29 is 18.7 Å². The van der Waals surface area contributed by atoms with Crippen LogP contribution < -0.4 is 5.32 Å². The Bertz CT molecular complexity index is 579. The first-order valence-electron chi connectivity index (χ1n) is 7.21. The summed E-state index contributed by atoms with van der Waals surface area (Å²) in [6.07, 6.45) is 3.19. The van der Waals surface area contributed by atoms with Gasteiger partial charge in [-0.05, 0) is 5.92 Å². The van der Waals surface area contributed by atoms with Crippen LogP contribution in [0, 0.1) is 11.7 Å². The van der Waals surface area contributed by atoms with Crippen molar-refractivity contribution in [2.24, 2.45) is 5.92 Å². The molecule has 0 saturated heterocycles. The molecule has 0 spiro atoms. The van der Waals surface area contributed by atoms with E-state index in [4.69, 9.17) is 4.74 Å². The minimum absolute atomic E-state index is 0.0135. The maximum atomic E-state index is 14.0. The van der Waals surface area contributed by atoms with E-state index in [-0.39, 0.29) is 36.4 Å². The predicted octanol–water partition coefficient (Wildman–Crippen LogP) is 1.56. The third-order valence-electron chi connectivity index (χ3n) is 3.97. The van der Waals surface area contributed by atoms with Gasteiger partial charge in [-0.2, -0.15) is 0 Å². The molecule has 2 rings (SSSR count). The van der Waals surface area contributed by atoms with Crippen molar-refractivity contribution >= 4 is 17.5 Å². The number of hydrogen-bond acceptors (Lipinski definition) is 4. The molecule has 120 valence electrons. The van der Waals surface area contributed by atoms with E-state index in [9.17, 15) is 14.0 Å². The van der Waals surface area contributed by atoms with E-state index in [1.165, 1.54) is 18.2 Å². The fourth-order valence-electron chi connectivity index (χ4n) is 2.59. The molecule has 0 bridgehead atoms. The van der Waals surface area contributed by atoms with Crippen LogP contribution in [0.2, 0.25) is 0 Å². The highest BCUT2D eigenvalue weighted by Gasteiger charge is 2.37. The van der Waals surface area contributed by atoms with Crippen molar-refractivity contribution in [3.63, 3.8) is 0 Å². The summed E-state index contributed by atoms with van der Waals surface area (Å²) in [4.78, 5) is 30.0. The molecule has 1 aliphatic heterocycles. The molecule has 0 fully saturated rings. The van der Waals surface area contributed by atoms with Gasteiger partial charge in [-0.15, -0.1) is 0 Å². The third-order valence-corrected chi connectivity index (χ3v) is 3.97. The van der Waals surface area contributed by atoms with Crippen LogP contribution in [0.15, 0.2) is 12.4 Å². The van der Waals surface area contributed by atoms with Gasteiger partial charge in [0.25, 0.3) is 0 Å². The van der Waals surface area contributed by atoms with Gasteiger partial charge in [0.05, 0.1) is 24.6 Å². The van der Waals surface area contributed by atoms with E-state index < -0.39 is 11.9 Å². The summed E-state index contributed by atoms with van der Waals surface area (Å²) in [6.45, 7) is 3.70. The number of anilines is 1. The summed E-state index contributed by atoms with van der Waals surface area (Å²) in [6, 6.07) is -0.667. The zero-order valence-corrected chi connectivity index (χ0v) is 12.9. The quantitative estimate of drug-likeness (QED) is 0.916. The average molecular weight is 309 g/mol. The lowest BCUT2D eigenvalue weighted by molar-refractivity contribution is -0.144. The number of rotatable bonds is 4. The summed E-state index contributed by atoms with van der Waals surface area (Å²) in [5.41, 5.74) is 0.574. The third kappa shape index (κ3) is 3.09. The second-order valence-corrected chi connectivity index (χ2v) is 5.42. The first-order valence-corrected chi connectivity index (χ1v) is 7.21. The molecule has 1 aromatic rings. The topological polar surface area (TPSA) is 71.5 Å². The highest BCUT2D eigenvalue weighted by atomic mass is 19.1. The van der Waals surface area contributed by atoms with Gasteiger partial charge in [-0.25, -0.2) is 4.39 Å². The van der Waals surface area contributed by atoms with E-state index >= 15 is 0 Å². The Balaban J connectivity index is 2.46. The number of amides is 2. The standard InChI is InChI=1S/C15H20FN3O3/c1-4-9(2)14-15(21)18-12-6-17-5-11(16)10(12)7-19(14)13(20)8-22-3/h5-6,9,14H,4,7-8H2,1-3H3,(H,18,21). The van der Waals surface area contributed by atoms with Gasteiger partial charge >= 0.3 is 0 Å². The van der Waals surface area contributed by atoms with Crippen molar-refractivity contribution in [3.05, 3.63) is 23.8 Å². The van der Waals surface area contributed by atoms with Gasteiger partial charge < -0.3 is 15.0 Å². The Morgan fingerprint density at radius 3 is 2.95 bits per heavy atom. The number of carbonyl (C=O) groups is 2. The molecule has 2 unspecified atom stereocenters. The predicted molar refractivity (Wildman–Crippen MR) is 78.5 cm³/mol. The SMILES string of the molecule is CCC(C)C1C(=O)Nc2cncc(F)c2CN1C(=O)COC. The van der Waals surface area contributed by atoms with Crippen LogP contribution in [0.3, 0.4) is 0 Å². The first-order chi connectivity index (χ1) is 10.5. The molecule has 2 heterocycles. The molecule has 0 saturated carbocycles. The molecule has 1 aromatic heterocycles. The molecule has 0 aromatic carbocycles. The number of methoxy groups -OCH3 is 1. The molecular weight excluding hydrogens is 289 g/mol.